The third kappa shape index (κ3) is 5.04. The quantitative estimate of drug-likeness (QED) is 0.480. The van der Waals surface area contributed by atoms with Crippen molar-refractivity contribution in [3.8, 4) is 0 Å². The second-order valence-electron chi connectivity index (χ2n) is 8.65. The van der Waals surface area contributed by atoms with Gasteiger partial charge in [-0.05, 0) is 27.1 Å². The molecule has 1 aromatic carbocycles. The van der Waals surface area contributed by atoms with Crippen LogP contribution in [0.1, 0.15) is 12.7 Å². The average Bonchev–Trinajstić information content (AvgIpc) is 3.18. The lowest BCUT2D eigenvalue weighted by atomic mass is 10.2. The molecule has 1 fully saturated rings. The average molecular weight is 441 g/mol. The van der Waals surface area contributed by atoms with Gasteiger partial charge < -0.3 is 23.8 Å². The molecule has 0 amide bonds. The Hall–Kier alpha value is -2.26. The van der Waals surface area contributed by atoms with Crippen molar-refractivity contribution in [3.63, 3.8) is 0 Å². The van der Waals surface area contributed by atoms with E-state index in [1.807, 2.05) is 6.92 Å². The fourth-order valence-electron chi connectivity index (χ4n) is 4.20. The van der Waals surface area contributed by atoms with E-state index in [4.69, 9.17) is 19.4 Å². The minimum absolute atomic E-state index is 0.503. The fraction of sp³-hybridized carbons (Fsp3) is 0.583. The van der Waals surface area contributed by atoms with Gasteiger partial charge in [-0.1, -0.05) is 18.2 Å². The van der Waals surface area contributed by atoms with Gasteiger partial charge in [0.1, 0.15) is 17.9 Å². The number of imidazole rings is 1. The summed E-state index contributed by atoms with van der Waals surface area (Å²) in [4.78, 5) is 17.0. The fourth-order valence-corrected chi connectivity index (χ4v) is 4.20. The highest BCUT2D eigenvalue weighted by molar-refractivity contribution is 6.07. The van der Waals surface area contributed by atoms with Crippen molar-refractivity contribution in [1.82, 2.24) is 24.3 Å². The highest BCUT2D eigenvalue weighted by atomic mass is 16.5. The summed E-state index contributed by atoms with van der Waals surface area (Å²) in [7, 11) is 6.30. The van der Waals surface area contributed by atoms with E-state index in [1.165, 1.54) is 0 Å². The molecular formula is C24H36N6O2. The summed E-state index contributed by atoms with van der Waals surface area (Å²) in [6.45, 7) is 10.5. The molecule has 174 valence electrons. The van der Waals surface area contributed by atoms with Gasteiger partial charge in [0.05, 0.1) is 24.2 Å². The maximum atomic E-state index is 5.82. The zero-order valence-electron chi connectivity index (χ0n) is 19.9. The summed E-state index contributed by atoms with van der Waals surface area (Å²) in [5.74, 6) is 1.90. The third-order valence-electron chi connectivity index (χ3n) is 6.07. The van der Waals surface area contributed by atoms with Gasteiger partial charge in [0.25, 0.3) is 0 Å². The van der Waals surface area contributed by atoms with Crippen molar-refractivity contribution in [2.24, 2.45) is 0 Å². The minimum atomic E-state index is 0.503. The lowest BCUT2D eigenvalue weighted by Crippen LogP contribution is -2.38. The molecule has 32 heavy (non-hydrogen) atoms. The molecule has 4 rings (SSSR count). The summed E-state index contributed by atoms with van der Waals surface area (Å²) in [5.41, 5.74) is 3.12. The van der Waals surface area contributed by atoms with Crippen LogP contribution in [0.15, 0.2) is 24.3 Å². The topological polar surface area (TPSA) is 58.9 Å². The summed E-state index contributed by atoms with van der Waals surface area (Å²) in [6, 6.07) is 8.39. The molecule has 0 saturated carbocycles. The van der Waals surface area contributed by atoms with Crippen LogP contribution in [-0.2, 0) is 22.6 Å². The van der Waals surface area contributed by atoms with Gasteiger partial charge in [-0.25, -0.2) is 9.97 Å². The smallest absolute Gasteiger partial charge is 0.157 e. The largest absolute Gasteiger partial charge is 0.379 e. The minimum Gasteiger partial charge on any atom is -0.379 e. The number of morpholine rings is 1. The van der Waals surface area contributed by atoms with E-state index >= 15 is 0 Å². The number of nitrogens with zero attached hydrogens (tertiary/aromatic N) is 6. The monoisotopic (exact) mass is 440 g/mol. The first-order valence-corrected chi connectivity index (χ1v) is 11.6. The number of fused-ring (bicyclic) bond motifs is 3. The Balaban J connectivity index is 1.79. The summed E-state index contributed by atoms with van der Waals surface area (Å²) < 4.78 is 13.7. The van der Waals surface area contributed by atoms with Crippen molar-refractivity contribution in [3.05, 3.63) is 30.1 Å². The Morgan fingerprint density at radius 1 is 1.03 bits per heavy atom. The first kappa shape index (κ1) is 22.9. The molecule has 8 heteroatoms. The van der Waals surface area contributed by atoms with Gasteiger partial charge in [-0.2, -0.15) is 0 Å². The van der Waals surface area contributed by atoms with Crippen LogP contribution < -0.4 is 4.90 Å². The SMILES string of the molecule is CCOCc1nc2c(N(C)CCN(C)C)nc3ccccc3c2n1CCN1CCOCC1. The number of hydrogen-bond donors (Lipinski definition) is 0. The van der Waals surface area contributed by atoms with Gasteiger partial charge in [0.2, 0.25) is 0 Å². The van der Waals surface area contributed by atoms with E-state index in [0.29, 0.717) is 13.2 Å². The predicted molar refractivity (Wildman–Crippen MR) is 129 cm³/mol. The van der Waals surface area contributed by atoms with Crippen molar-refractivity contribution in [2.75, 3.05) is 78.6 Å². The number of likely N-dealkylation sites (N-methyl/N-ethyl adjacent to an activating group) is 2. The van der Waals surface area contributed by atoms with Crippen LogP contribution in [0.5, 0.6) is 0 Å². The highest BCUT2D eigenvalue weighted by Gasteiger charge is 2.21. The third-order valence-corrected chi connectivity index (χ3v) is 6.07. The zero-order chi connectivity index (χ0) is 22.5. The first-order chi connectivity index (χ1) is 15.6. The molecule has 3 aromatic rings. The number of aromatic nitrogens is 3. The number of benzene rings is 1. The predicted octanol–water partition coefficient (Wildman–Crippen LogP) is 2.45. The van der Waals surface area contributed by atoms with E-state index in [9.17, 15) is 0 Å². The number of ether oxygens (including phenoxy) is 2. The normalized spacial score (nSPS) is 15.3. The Labute approximate surface area is 190 Å². The molecule has 0 N–H and O–H groups in total. The maximum Gasteiger partial charge on any atom is 0.157 e. The van der Waals surface area contributed by atoms with E-state index in [2.05, 4.69) is 64.7 Å². The molecule has 8 nitrogen and oxygen atoms in total. The first-order valence-electron chi connectivity index (χ1n) is 11.6. The molecule has 0 bridgehead atoms. The molecule has 0 unspecified atom stereocenters. The number of pyridine rings is 1. The molecule has 1 aliphatic heterocycles. The summed E-state index contributed by atoms with van der Waals surface area (Å²) in [5, 5.41) is 1.14. The van der Waals surface area contributed by atoms with E-state index in [-0.39, 0.29) is 0 Å². The van der Waals surface area contributed by atoms with Crippen LogP contribution in [0, 0.1) is 0 Å². The van der Waals surface area contributed by atoms with Crippen molar-refractivity contribution in [1.29, 1.82) is 0 Å². The lowest BCUT2D eigenvalue weighted by molar-refractivity contribution is 0.0361. The molecule has 1 aliphatic rings. The second kappa shape index (κ2) is 10.6. The number of rotatable bonds is 10. The molecule has 0 aliphatic carbocycles. The molecule has 3 heterocycles. The van der Waals surface area contributed by atoms with E-state index < -0.39 is 0 Å². The van der Waals surface area contributed by atoms with Gasteiger partial charge >= 0.3 is 0 Å². The standard InChI is InChI=1S/C24H36N6O2/c1-5-31-18-21-26-22-23(30(21)13-12-29-14-16-32-17-15-29)19-8-6-7-9-20(19)25-24(22)28(4)11-10-27(2)3/h6-9H,5,10-18H2,1-4H3. The van der Waals surface area contributed by atoms with Gasteiger partial charge in [0.15, 0.2) is 5.82 Å². The van der Waals surface area contributed by atoms with Crippen molar-refractivity contribution >= 4 is 27.8 Å². The van der Waals surface area contributed by atoms with Crippen LogP contribution in [0.25, 0.3) is 21.9 Å². The Morgan fingerprint density at radius 2 is 1.81 bits per heavy atom. The zero-order valence-corrected chi connectivity index (χ0v) is 19.9. The molecule has 2 aromatic heterocycles. The highest BCUT2D eigenvalue weighted by Crippen LogP contribution is 2.32. The van der Waals surface area contributed by atoms with Crippen molar-refractivity contribution < 1.29 is 9.47 Å². The van der Waals surface area contributed by atoms with Gasteiger partial charge in [0, 0.05) is 58.3 Å². The van der Waals surface area contributed by atoms with E-state index in [0.717, 1.165) is 86.1 Å². The van der Waals surface area contributed by atoms with Crippen LogP contribution in [0.3, 0.4) is 0 Å². The Morgan fingerprint density at radius 3 is 2.56 bits per heavy atom. The summed E-state index contributed by atoms with van der Waals surface area (Å²) in [6.07, 6.45) is 0. The van der Waals surface area contributed by atoms with E-state index in [1.54, 1.807) is 0 Å². The van der Waals surface area contributed by atoms with Crippen LogP contribution in [-0.4, -0.2) is 98.0 Å². The van der Waals surface area contributed by atoms with Crippen molar-refractivity contribution in [2.45, 2.75) is 20.1 Å². The van der Waals surface area contributed by atoms with Crippen LogP contribution in [0.2, 0.25) is 0 Å². The lowest BCUT2D eigenvalue weighted by Gasteiger charge is -2.27. The second-order valence-corrected chi connectivity index (χ2v) is 8.65. The number of hydrogen-bond acceptors (Lipinski definition) is 7. The molecular weight excluding hydrogens is 404 g/mol. The Bertz CT molecular complexity index is 1030. The van der Waals surface area contributed by atoms with Crippen LogP contribution >= 0.6 is 0 Å². The molecule has 1 saturated heterocycles. The summed E-state index contributed by atoms with van der Waals surface area (Å²) >= 11 is 0. The molecule has 0 spiro atoms. The number of para-hydroxylation sites is 1. The van der Waals surface area contributed by atoms with Gasteiger partial charge in [-0.3, -0.25) is 4.90 Å². The van der Waals surface area contributed by atoms with Gasteiger partial charge in [-0.15, -0.1) is 0 Å². The molecule has 0 radical (unpaired) electrons. The molecule has 0 atom stereocenters. The maximum absolute atomic E-state index is 5.82. The Kier molecular flexibility index (Phi) is 7.57. The van der Waals surface area contributed by atoms with Crippen LogP contribution in [0.4, 0.5) is 5.82 Å². The number of anilines is 1.